The van der Waals surface area contributed by atoms with Crippen LogP contribution in [0, 0.1) is 10.1 Å². The number of aromatic amines is 1. The number of rotatable bonds is 9. The number of H-pyrrole nitrogens is 1. The van der Waals surface area contributed by atoms with Crippen LogP contribution in [0.5, 0.6) is 0 Å². The minimum Gasteiger partial charge on any atom is -0.379 e. The third-order valence-electron chi connectivity index (χ3n) is 5.06. The van der Waals surface area contributed by atoms with Gasteiger partial charge < -0.3 is 10.6 Å². The highest BCUT2D eigenvalue weighted by atomic mass is 32.2. The summed E-state index contributed by atoms with van der Waals surface area (Å²) in [5.41, 5.74) is 1.05. The van der Waals surface area contributed by atoms with E-state index in [4.69, 9.17) is 5.14 Å². The molecule has 1 heterocycles. The topological polar surface area (TPSA) is 186 Å². The second-order valence-electron chi connectivity index (χ2n) is 7.60. The van der Waals surface area contributed by atoms with E-state index in [1.54, 1.807) is 12.1 Å². The van der Waals surface area contributed by atoms with Crippen LogP contribution in [0.4, 0.5) is 17.1 Å². The summed E-state index contributed by atoms with van der Waals surface area (Å²) < 4.78 is 22.8. The van der Waals surface area contributed by atoms with Crippen molar-refractivity contribution >= 4 is 33.0 Å². The first-order chi connectivity index (χ1) is 15.7. The zero-order chi connectivity index (χ0) is 23.6. The number of carbonyl (C=O) groups is 1. The van der Waals surface area contributed by atoms with Crippen LogP contribution in [0.2, 0.25) is 0 Å². The number of sulfonamides is 1. The van der Waals surface area contributed by atoms with Gasteiger partial charge in [-0.15, -0.1) is 0 Å². The van der Waals surface area contributed by atoms with E-state index in [0.29, 0.717) is 17.4 Å². The third kappa shape index (κ3) is 5.51. The lowest BCUT2D eigenvalue weighted by atomic mass is 10.2. The number of benzene rings is 2. The molecule has 0 saturated heterocycles. The maximum absolute atomic E-state index is 12.2. The number of nitro benzene ring substituents is 1. The van der Waals surface area contributed by atoms with Crippen molar-refractivity contribution < 1.29 is 18.1 Å². The highest BCUT2D eigenvalue weighted by molar-refractivity contribution is 7.89. The van der Waals surface area contributed by atoms with Crippen LogP contribution in [-0.2, 0) is 14.8 Å². The van der Waals surface area contributed by atoms with Gasteiger partial charge in [0.2, 0.25) is 15.9 Å². The summed E-state index contributed by atoms with van der Waals surface area (Å²) in [7, 11) is -4.07. The minimum absolute atomic E-state index is 0.0293. The average Bonchev–Trinajstić information content (AvgIpc) is 3.50. The Morgan fingerprint density at radius 3 is 2.58 bits per heavy atom. The van der Waals surface area contributed by atoms with E-state index in [1.807, 2.05) is 12.1 Å². The number of nitrogens with one attached hydrogen (secondary N) is 3. The van der Waals surface area contributed by atoms with Crippen molar-refractivity contribution in [3.63, 3.8) is 0 Å². The molecule has 1 aliphatic rings. The monoisotopic (exact) mass is 471 g/mol. The first kappa shape index (κ1) is 22.4. The lowest BCUT2D eigenvalue weighted by Gasteiger charge is -2.09. The van der Waals surface area contributed by atoms with Crippen molar-refractivity contribution in [2.24, 2.45) is 5.14 Å². The molecule has 5 N–H and O–H groups in total. The smallest absolute Gasteiger partial charge is 0.293 e. The largest absolute Gasteiger partial charge is 0.379 e. The van der Waals surface area contributed by atoms with Gasteiger partial charge >= 0.3 is 0 Å². The number of carbonyl (C=O) groups excluding carboxylic acids is 1. The fraction of sp³-hybridized carbons (Fsp3) is 0.250. The molecule has 1 amide bonds. The molecule has 3 aromatic rings. The summed E-state index contributed by atoms with van der Waals surface area (Å²) in [6.07, 6.45) is 2.28. The van der Waals surface area contributed by atoms with Gasteiger partial charge in [-0.05, 0) is 49.2 Å². The van der Waals surface area contributed by atoms with Crippen molar-refractivity contribution in [3.05, 3.63) is 58.4 Å². The van der Waals surface area contributed by atoms with Gasteiger partial charge in [-0.1, -0.05) is 0 Å². The van der Waals surface area contributed by atoms with Crippen molar-refractivity contribution in [1.82, 2.24) is 15.2 Å². The maximum Gasteiger partial charge on any atom is 0.293 e. The maximum atomic E-state index is 12.2. The Morgan fingerprint density at radius 2 is 1.94 bits per heavy atom. The number of amides is 1. The summed E-state index contributed by atoms with van der Waals surface area (Å²) in [6.45, 7) is 0.0978. The Bertz CT molecular complexity index is 1300. The van der Waals surface area contributed by atoms with E-state index in [0.717, 1.165) is 36.4 Å². The van der Waals surface area contributed by atoms with Crippen LogP contribution in [0.25, 0.3) is 11.4 Å². The summed E-state index contributed by atoms with van der Waals surface area (Å²) in [6, 6.07) is 10.4. The molecule has 0 unspecified atom stereocenters. The lowest BCUT2D eigenvalue weighted by molar-refractivity contribution is -0.384. The molecule has 0 radical (unpaired) electrons. The highest BCUT2D eigenvalue weighted by Crippen LogP contribution is 2.38. The van der Waals surface area contributed by atoms with Crippen LogP contribution < -0.4 is 15.8 Å². The number of primary sulfonamides is 1. The van der Waals surface area contributed by atoms with Crippen LogP contribution >= 0.6 is 0 Å². The molecule has 0 atom stereocenters. The number of anilines is 2. The molecule has 0 bridgehead atoms. The number of nitrogens with zero attached hydrogens (tertiary/aromatic N) is 3. The molecule has 0 spiro atoms. The molecule has 1 saturated carbocycles. The van der Waals surface area contributed by atoms with Crippen LogP contribution in [0.15, 0.2) is 47.4 Å². The normalized spacial score (nSPS) is 13.5. The summed E-state index contributed by atoms with van der Waals surface area (Å²) in [5.74, 6) is 1.68. The van der Waals surface area contributed by atoms with Gasteiger partial charge in [-0.3, -0.25) is 20.0 Å². The van der Waals surface area contributed by atoms with Crippen LogP contribution in [0.1, 0.15) is 31.0 Å². The van der Waals surface area contributed by atoms with Crippen molar-refractivity contribution in [3.8, 4) is 11.4 Å². The lowest BCUT2D eigenvalue weighted by Crippen LogP contribution is -2.17. The van der Waals surface area contributed by atoms with Gasteiger partial charge in [0, 0.05) is 36.2 Å². The van der Waals surface area contributed by atoms with Gasteiger partial charge in [0.05, 0.1) is 9.82 Å². The van der Waals surface area contributed by atoms with E-state index in [1.165, 1.54) is 6.07 Å². The predicted molar refractivity (Wildman–Crippen MR) is 120 cm³/mol. The first-order valence-electron chi connectivity index (χ1n) is 10.1. The standard InChI is InChI=1S/C20H21N7O5S/c21-33(31,32)15-7-8-16(17(11-15)27(29)30)22-10-9-18(28)23-14-5-3-13(4-6-14)20-24-19(25-26-20)12-1-2-12/h3-8,11-12,22H,1-2,9-10H2,(H,23,28)(H2,21,31,32)(H,24,25,26). The van der Waals surface area contributed by atoms with Crippen LogP contribution in [0.3, 0.4) is 0 Å². The summed E-state index contributed by atoms with van der Waals surface area (Å²) in [4.78, 5) is 26.9. The Hall–Kier alpha value is -3.84. The van der Waals surface area contributed by atoms with Gasteiger partial charge in [-0.2, -0.15) is 5.10 Å². The third-order valence-corrected chi connectivity index (χ3v) is 5.97. The predicted octanol–water partition coefficient (Wildman–Crippen LogP) is 2.35. The molecule has 1 aliphatic carbocycles. The molecular formula is C20H21N7O5S. The Balaban J connectivity index is 1.31. The zero-order valence-electron chi connectivity index (χ0n) is 17.3. The van der Waals surface area contributed by atoms with Gasteiger partial charge in [0.1, 0.15) is 11.5 Å². The second-order valence-corrected chi connectivity index (χ2v) is 9.16. The first-order valence-corrected chi connectivity index (χ1v) is 11.6. The van der Waals surface area contributed by atoms with E-state index >= 15 is 0 Å². The van der Waals surface area contributed by atoms with Crippen molar-refractivity contribution in [2.45, 2.75) is 30.1 Å². The molecule has 1 aromatic heterocycles. The molecular weight excluding hydrogens is 450 g/mol. The highest BCUT2D eigenvalue weighted by Gasteiger charge is 2.27. The Labute approximate surface area is 188 Å². The van der Waals surface area contributed by atoms with E-state index in [2.05, 4.69) is 25.8 Å². The van der Waals surface area contributed by atoms with E-state index < -0.39 is 20.6 Å². The quantitative estimate of drug-likeness (QED) is 0.270. The zero-order valence-corrected chi connectivity index (χ0v) is 18.1. The van der Waals surface area contributed by atoms with E-state index in [9.17, 15) is 23.3 Å². The van der Waals surface area contributed by atoms with E-state index in [-0.39, 0.29) is 29.5 Å². The number of aromatic nitrogens is 3. The molecule has 12 nitrogen and oxygen atoms in total. The molecule has 33 heavy (non-hydrogen) atoms. The summed E-state index contributed by atoms with van der Waals surface area (Å²) >= 11 is 0. The average molecular weight is 471 g/mol. The van der Waals surface area contributed by atoms with Gasteiger partial charge in [-0.25, -0.2) is 18.5 Å². The summed E-state index contributed by atoms with van der Waals surface area (Å²) in [5, 5.41) is 29.0. The number of hydrogen-bond donors (Lipinski definition) is 4. The Kier molecular flexibility index (Phi) is 6.07. The molecule has 2 aromatic carbocycles. The van der Waals surface area contributed by atoms with Crippen molar-refractivity contribution in [2.75, 3.05) is 17.2 Å². The fourth-order valence-corrected chi connectivity index (χ4v) is 3.70. The minimum atomic E-state index is -4.07. The number of hydrogen-bond acceptors (Lipinski definition) is 8. The molecule has 1 fully saturated rings. The Morgan fingerprint density at radius 1 is 1.21 bits per heavy atom. The molecule has 0 aliphatic heterocycles. The number of nitrogens with two attached hydrogens (primary N) is 1. The molecule has 13 heteroatoms. The van der Waals surface area contributed by atoms with Crippen LogP contribution in [-0.4, -0.2) is 41.0 Å². The van der Waals surface area contributed by atoms with Crippen molar-refractivity contribution in [1.29, 1.82) is 0 Å². The number of nitro groups is 1. The second kappa shape index (κ2) is 8.96. The molecule has 4 rings (SSSR count). The van der Waals surface area contributed by atoms with Gasteiger partial charge in [0.25, 0.3) is 5.69 Å². The SMILES string of the molecule is NS(=O)(=O)c1ccc(NCCC(=O)Nc2ccc(-c3n[nH]c(C4CC4)n3)cc2)c([N+](=O)[O-])c1. The molecule has 172 valence electrons. The van der Waals surface area contributed by atoms with Gasteiger partial charge in [0.15, 0.2) is 5.82 Å². The fourth-order valence-electron chi connectivity index (χ4n) is 3.17.